The summed E-state index contributed by atoms with van der Waals surface area (Å²) < 4.78 is 41.0. The van der Waals surface area contributed by atoms with Gasteiger partial charge in [0.15, 0.2) is 0 Å². The normalized spacial score (nSPS) is 14.6. The smallest absolute Gasteiger partial charge is 0.283 e. The first-order valence-corrected chi connectivity index (χ1v) is 12.3. The van der Waals surface area contributed by atoms with Crippen molar-refractivity contribution in [3.63, 3.8) is 0 Å². The van der Waals surface area contributed by atoms with Crippen molar-refractivity contribution in [3.05, 3.63) is 58.1 Å². The fourth-order valence-corrected chi connectivity index (χ4v) is 4.83. The molecule has 0 bridgehead atoms. The Balaban J connectivity index is 1.60. The van der Waals surface area contributed by atoms with Gasteiger partial charge in [0.1, 0.15) is 10.6 Å². The Kier molecular flexibility index (Phi) is 8.05. The summed E-state index contributed by atoms with van der Waals surface area (Å²) in [6.07, 6.45) is 1.91. The Morgan fingerprint density at radius 2 is 1.80 bits per heavy atom. The van der Waals surface area contributed by atoms with Gasteiger partial charge in [-0.1, -0.05) is 35.0 Å². The fraction of sp³-hybridized carbons (Fsp3) is 0.409. The molecule has 0 N–H and O–H groups in total. The summed E-state index contributed by atoms with van der Waals surface area (Å²) in [4.78, 5) is 2.54. The number of ether oxygens (including phenoxy) is 2. The van der Waals surface area contributed by atoms with E-state index in [9.17, 15) is 8.42 Å². The van der Waals surface area contributed by atoms with Gasteiger partial charge in [-0.25, -0.2) is 0 Å². The molecule has 0 unspecified atom stereocenters. The largest absolute Gasteiger partial charge is 0.494 e. The molecule has 30 heavy (non-hydrogen) atoms. The molecule has 0 atom stereocenters. The Hall–Kier alpha value is -1.74. The van der Waals surface area contributed by atoms with Crippen LogP contribution in [0.2, 0.25) is 0 Å². The highest BCUT2D eigenvalue weighted by Crippen LogP contribution is 2.32. The van der Waals surface area contributed by atoms with E-state index in [1.807, 2.05) is 30.3 Å². The topological polar surface area (TPSA) is 68.2 Å². The van der Waals surface area contributed by atoms with Gasteiger partial charge in [0, 0.05) is 35.3 Å². The Morgan fingerprint density at radius 3 is 2.50 bits per heavy atom. The molecule has 2 aromatic rings. The Morgan fingerprint density at radius 1 is 1.03 bits per heavy atom. The molecular formula is C22H27BrN2O4S. The molecule has 1 aliphatic heterocycles. The first-order valence-electron chi connectivity index (χ1n) is 10.0. The lowest BCUT2D eigenvalue weighted by molar-refractivity contribution is 0.148. The molecule has 0 saturated carbocycles. The van der Waals surface area contributed by atoms with Crippen LogP contribution in [0.15, 0.2) is 56.2 Å². The third kappa shape index (κ3) is 5.69. The van der Waals surface area contributed by atoms with E-state index in [1.165, 1.54) is 0 Å². The van der Waals surface area contributed by atoms with Crippen molar-refractivity contribution in [3.8, 4) is 5.75 Å². The van der Waals surface area contributed by atoms with E-state index < -0.39 is 10.0 Å². The molecule has 0 amide bonds. The predicted octanol–water partition coefficient (Wildman–Crippen LogP) is 4.12. The van der Waals surface area contributed by atoms with Crippen LogP contribution in [0.3, 0.4) is 0 Å². The standard InChI is InChI=1S/C22H27BrN2O4S/c1-3-25(13-15-28-2)12-4-5-14-29-19-10-11-20-21(16-19)30(26,27)24-22(20)17-6-8-18(23)9-7-17/h6-11,16H,3-5,12-15H2,1-2H3. The number of benzene rings is 2. The monoisotopic (exact) mass is 494 g/mol. The average Bonchev–Trinajstić information content (AvgIpc) is 3.01. The highest BCUT2D eigenvalue weighted by molar-refractivity contribution is 9.10. The molecule has 0 aromatic heterocycles. The Bertz CT molecular complexity index is 991. The summed E-state index contributed by atoms with van der Waals surface area (Å²) >= 11 is 3.39. The second kappa shape index (κ2) is 10.5. The van der Waals surface area contributed by atoms with Gasteiger partial charge in [-0.2, -0.15) is 12.8 Å². The first-order chi connectivity index (χ1) is 14.4. The van der Waals surface area contributed by atoms with E-state index in [2.05, 4.69) is 32.2 Å². The lowest BCUT2D eigenvalue weighted by Gasteiger charge is -2.19. The summed E-state index contributed by atoms with van der Waals surface area (Å²) in [7, 11) is -2.00. The number of halogens is 1. The van der Waals surface area contributed by atoms with E-state index >= 15 is 0 Å². The summed E-state index contributed by atoms with van der Waals surface area (Å²) in [5.41, 5.74) is 1.85. The lowest BCUT2D eigenvalue weighted by Crippen LogP contribution is -2.28. The van der Waals surface area contributed by atoms with Crippen LogP contribution < -0.4 is 4.74 Å². The van der Waals surface area contributed by atoms with Crippen LogP contribution in [0.25, 0.3) is 0 Å². The third-order valence-electron chi connectivity index (χ3n) is 5.01. The molecule has 2 aromatic carbocycles. The summed E-state index contributed by atoms with van der Waals surface area (Å²) in [5.74, 6) is 0.552. The number of methoxy groups -OCH3 is 1. The van der Waals surface area contributed by atoms with Crippen LogP contribution in [-0.4, -0.2) is 59.0 Å². The van der Waals surface area contributed by atoms with Gasteiger partial charge in [0.2, 0.25) is 0 Å². The highest BCUT2D eigenvalue weighted by Gasteiger charge is 2.30. The van der Waals surface area contributed by atoms with Crippen molar-refractivity contribution >= 4 is 31.7 Å². The fourth-order valence-electron chi connectivity index (χ4n) is 3.31. The number of sulfonamides is 1. The molecule has 0 aliphatic carbocycles. The molecule has 6 nitrogen and oxygen atoms in total. The van der Waals surface area contributed by atoms with E-state index in [-0.39, 0.29) is 4.90 Å². The number of hydrogen-bond acceptors (Lipinski definition) is 5. The predicted molar refractivity (Wildman–Crippen MR) is 122 cm³/mol. The third-order valence-corrected chi connectivity index (χ3v) is 6.86. The number of likely N-dealkylation sites (N-methyl/N-ethyl adjacent to an activating group) is 1. The van der Waals surface area contributed by atoms with Crippen molar-refractivity contribution < 1.29 is 17.9 Å². The number of nitrogens with zero attached hydrogens (tertiary/aromatic N) is 2. The van der Waals surface area contributed by atoms with Gasteiger partial charge in [0.25, 0.3) is 10.0 Å². The minimum absolute atomic E-state index is 0.203. The van der Waals surface area contributed by atoms with E-state index in [0.29, 0.717) is 23.6 Å². The maximum absolute atomic E-state index is 12.6. The molecule has 8 heteroatoms. The van der Waals surface area contributed by atoms with Crippen LogP contribution in [0.4, 0.5) is 0 Å². The second-order valence-corrected chi connectivity index (χ2v) is 9.55. The first kappa shape index (κ1) is 22.9. The van der Waals surface area contributed by atoms with Crippen LogP contribution in [0, 0.1) is 0 Å². The van der Waals surface area contributed by atoms with Crippen molar-refractivity contribution in [2.45, 2.75) is 24.7 Å². The number of rotatable bonds is 11. The summed E-state index contributed by atoms with van der Waals surface area (Å²) in [6, 6.07) is 12.6. The van der Waals surface area contributed by atoms with Crippen molar-refractivity contribution in [2.75, 3.05) is 40.0 Å². The summed E-state index contributed by atoms with van der Waals surface area (Å²) in [6.45, 7) is 6.33. The zero-order valence-corrected chi connectivity index (χ0v) is 19.7. The number of fused-ring (bicyclic) bond motifs is 1. The van der Waals surface area contributed by atoms with E-state index in [1.54, 1.807) is 19.2 Å². The molecule has 1 aliphatic rings. The molecule has 0 fully saturated rings. The van der Waals surface area contributed by atoms with Gasteiger partial charge in [-0.3, -0.25) is 0 Å². The minimum atomic E-state index is -3.72. The minimum Gasteiger partial charge on any atom is -0.494 e. The van der Waals surface area contributed by atoms with Crippen LogP contribution in [0.1, 0.15) is 30.9 Å². The molecule has 1 heterocycles. The van der Waals surface area contributed by atoms with E-state index in [0.717, 1.165) is 49.1 Å². The lowest BCUT2D eigenvalue weighted by atomic mass is 10.0. The van der Waals surface area contributed by atoms with Crippen LogP contribution >= 0.6 is 15.9 Å². The molecule has 0 radical (unpaired) electrons. The van der Waals surface area contributed by atoms with Crippen molar-refractivity contribution in [1.29, 1.82) is 0 Å². The van der Waals surface area contributed by atoms with Crippen LogP contribution in [0.5, 0.6) is 5.75 Å². The van der Waals surface area contributed by atoms with Crippen LogP contribution in [-0.2, 0) is 14.8 Å². The van der Waals surface area contributed by atoms with E-state index in [4.69, 9.17) is 9.47 Å². The van der Waals surface area contributed by atoms with Gasteiger partial charge in [0.05, 0.1) is 18.9 Å². The van der Waals surface area contributed by atoms with Gasteiger partial charge in [-0.05, 0) is 50.2 Å². The number of hydrogen-bond donors (Lipinski definition) is 0. The second-order valence-electron chi connectivity index (χ2n) is 7.06. The highest BCUT2D eigenvalue weighted by atomic mass is 79.9. The van der Waals surface area contributed by atoms with Crippen molar-refractivity contribution in [1.82, 2.24) is 4.90 Å². The maximum atomic E-state index is 12.6. The SMILES string of the molecule is CCN(CCCCOc1ccc2c(c1)S(=O)(=O)N=C2c1ccc(Br)cc1)CCOC. The van der Waals surface area contributed by atoms with Gasteiger partial charge < -0.3 is 14.4 Å². The average molecular weight is 495 g/mol. The van der Waals surface area contributed by atoms with Crippen molar-refractivity contribution in [2.24, 2.45) is 4.40 Å². The summed E-state index contributed by atoms with van der Waals surface area (Å²) in [5, 5.41) is 0. The molecule has 3 rings (SSSR count). The van der Waals surface area contributed by atoms with Gasteiger partial charge >= 0.3 is 0 Å². The number of unbranched alkanes of at least 4 members (excludes halogenated alkanes) is 1. The molecule has 0 saturated heterocycles. The molecular weight excluding hydrogens is 468 g/mol. The molecule has 162 valence electrons. The zero-order chi connectivity index (χ0) is 21.6. The van der Waals surface area contributed by atoms with Gasteiger partial charge in [-0.15, -0.1) is 0 Å². The Labute approximate surface area is 187 Å². The zero-order valence-electron chi connectivity index (χ0n) is 17.3. The molecule has 0 spiro atoms. The quantitative estimate of drug-likeness (QED) is 0.439. The maximum Gasteiger partial charge on any atom is 0.283 e.